The first-order valence-electron chi connectivity index (χ1n) is 8.60. The van der Waals surface area contributed by atoms with E-state index in [1.165, 1.54) is 32.2 Å². The van der Waals surface area contributed by atoms with E-state index in [2.05, 4.69) is 39.2 Å². The highest BCUT2D eigenvalue weighted by Gasteiger charge is 2.24. The molecule has 0 radical (unpaired) electrons. The largest absolute Gasteiger partial charge is 0.377 e. The van der Waals surface area contributed by atoms with Crippen LogP contribution < -0.4 is 0 Å². The van der Waals surface area contributed by atoms with Gasteiger partial charge in [0.25, 0.3) is 0 Å². The number of likely N-dealkylation sites (tertiary alicyclic amines) is 1. The summed E-state index contributed by atoms with van der Waals surface area (Å²) in [5.74, 6) is 1.41. The fraction of sp³-hybridized carbons (Fsp3) is 0.889. The lowest BCUT2D eigenvalue weighted by atomic mass is 9.86. The molecule has 0 saturated carbocycles. The van der Waals surface area contributed by atoms with Crippen molar-refractivity contribution in [2.45, 2.75) is 65.5 Å². The van der Waals surface area contributed by atoms with Crippen molar-refractivity contribution in [3.05, 3.63) is 12.2 Å². The molecule has 1 rings (SSSR count). The quantitative estimate of drug-likeness (QED) is 0.474. The highest BCUT2D eigenvalue weighted by Crippen LogP contribution is 2.25. The van der Waals surface area contributed by atoms with Crippen molar-refractivity contribution in [2.24, 2.45) is 11.8 Å². The van der Waals surface area contributed by atoms with Gasteiger partial charge in [0.1, 0.15) is 0 Å². The second kappa shape index (κ2) is 9.86. The second-order valence-corrected chi connectivity index (χ2v) is 6.88. The molecule has 1 aliphatic heterocycles. The number of likely N-dealkylation sites (N-methyl/N-ethyl adjacent to an activating group) is 1. The number of allylic oxidation sites excluding steroid dienone is 1. The Morgan fingerprint density at radius 3 is 2.62 bits per heavy atom. The van der Waals surface area contributed by atoms with Gasteiger partial charge in [0.15, 0.2) is 0 Å². The summed E-state index contributed by atoms with van der Waals surface area (Å²) >= 11 is 5.90. The van der Waals surface area contributed by atoms with E-state index in [1.54, 1.807) is 0 Å². The smallest absolute Gasteiger partial charge is 0.0625 e. The van der Waals surface area contributed by atoms with Crippen LogP contribution in [0.25, 0.3) is 0 Å². The Bertz CT molecular complexity index is 308. The van der Waals surface area contributed by atoms with Gasteiger partial charge in [0, 0.05) is 11.9 Å². The van der Waals surface area contributed by atoms with Crippen LogP contribution in [0.2, 0.25) is 0 Å². The molecule has 0 N–H and O–H groups in total. The second-order valence-electron chi connectivity index (χ2n) is 6.61. The summed E-state index contributed by atoms with van der Waals surface area (Å²) in [6.45, 7) is 16.2. The average molecular weight is 316 g/mol. The van der Waals surface area contributed by atoms with Gasteiger partial charge < -0.3 is 4.74 Å². The molecule has 1 saturated heterocycles. The van der Waals surface area contributed by atoms with Crippen LogP contribution >= 0.6 is 11.6 Å². The molecule has 1 aliphatic rings. The van der Waals surface area contributed by atoms with E-state index in [-0.39, 0.29) is 6.10 Å². The zero-order chi connectivity index (χ0) is 15.8. The molecule has 0 aromatic rings. The molecule has 21 heavy (non-hydrogen) atoms. The molecular formula is C18H34ClNO. The standard InChI is InChI=1S/C18H34ClNO/c1-6-20-11-9-7-8-10-18(20)13-21-17(5)16(4)15(3)14(2)12-19/h15-18H,2,6-13H2,1,3-5H3/t15?,16-,17-,18?/m1/s1. The number of nitrogens with zero attached hydrogens (tertiary/aromatic N) is 1. The molecule has 2 unspecified atom stereocenters. The van der Waals surface area contributed by atoms with E-state index in [1.807, 2.05) is 0 Å². The van der Waals surface area contributed by atoms with Crippen LogP contribution in [-0.4, -0.2) is 42.6 Å². The average Bonchev–Trinajstić information content (AvgIpc) is 2.74. The summed E-state index contributed by atoms with van der Waals surface area (Å²) < 4.78 is 6.22. The van der Waals surface area contributed by atoms with Crippen LogP contribution in [0.15, 0.2) is 12.2 Å². The predicted octanol–water partition coefficient (Wildman–Crippen LogP) is 4.72. The van der Waals surface area contributed by atoms with E-state index < -0.39 is 0 Å². The number of ether oxygens (including phenoxy) is 1. The Morgan fingerprint density at radius 2 is 2.00 bits per heavy atom. The van der Waals surface area contributed by atoms with Gasteiger partial charge in [-0.05, 0) is 44.7 Å². The number of rotatable bonds is 8. The molecular weight excluding hydrogens is 282 g/mol. The van der Waals surface area contributed by atoms with Gasteiger partial charge in [-0.1, -0.05) is 45.8 Å². The minimum absolute atomic E-state index is 0.252. The Hall–Kier alpha value is -0.0500. The number of hydrogen-bond donors (Lipinski definition) is 0. The van der Waals surface area contributed by atoms with Gasteiger partial charge >= 0.3 is 0 Å². The summed E-state index contributed by atoms with van der Waals surface area (Å²) in [6, 6.07) is 0.596. The van der Waals surface area contributed by atoms with E-state index in [0.29, 0.717) is 23.8 Å². The Kier molecular flexibility index (Phi) is 8.92. The minimum Gasteiger partial charge on any atom is -0.377 e. The van der Waals surface area contributed by atoms with Crippen molar-refractivity contribution < 1.29 is 4.74 Å². The molecule has 2 nitrogen and oxygen atoms in total. The van der Waals surface area contributed by atoms with E-state index >= 15 is 0 Å². The third kappa shape index (κ3) is 5.92. The summed E-state index contributed by atoms with van der Waals surface area (Å²) in [5.41, 5.74) is 1.12. The molecule has 0 aliphatic carbocycles. The molecule has 0 spiro atoms. The first-order chi connectivity index (χ1) is 10.0. The van der Waals surface area contributed by atoms with Crippen LogP contribution in [0.4, 0.5) is 0 Å². The Labute approximate surface area is 136 Å². The van der Waals surface area contributed by atoms with E-state index in [9.17, 15) is 0 Å². The summed E-state index contributed by atoms with van der Waals surface area (Å²) in [4.78, 5) is 2.59. The third-order valence-electron chi connectivity index (χ3n) is 5.30. The van der Waals surface area contributed by atoms with Crippen LogP contribution in [0, 0.1) is 11.8 Å². The highest BCUT2D eigenvalue weighted by atomic mass is 35.5. The maximum absolute atomic E-state index is 6.22. The molecule has 0 aromatic carbocycles. The zero-order valence-electron chi connectivity index (χ0n) is 14.4. The summed E-state index contributed by atoms with van der Waals surface area (Å²) in [7, 11) is 0. The van der Waals surface area contributed by atoms with Crippen molar-refractivity contribution in [2.75, 3.05) is 25.6 Å². The molecule has 3 heteroatoms. The molecule has 1 heterocycles. The monoisotopic (exact) mass is 315 g/mol. The topological polar surface area (TPSA) is 12.5 Å². The first kappa shape index (κ1) is 19.0. The van der Waals surface area contributed by atoms with Gasteiger partial charge in [-0.25, -0.2) is 0 Å². The molecule has 1 fully saturated rings. The van der Waals surface area contributed by atoms with E-state index in [4.69, 9.17) is 16.3 Å². The third-order valence-corrected chi connectivity index (χ3v) is 5.64. The van der Waals surface area contributed by atoms with Crippen LogP contribution in [0.3, 0.4) is 0 Å². The fourth-order valence-corrected chi connectivity index (χ4v) is 3.40. The van der Waals surface area contributed by atoms with Crippen molar-refractivity contribution >= 4 is 11.6 Å². The Balaban J connectivity index is 2.46. The molecule has 0 aromatic heterocycles. The minimum atomic E-state index is 0.252. The summed E-state index contributed by atoms with van der Waals surface area (Å²) in [5, 5.41) is 0. The van der Waals surface area contributed by atoms with Gasteiger partial charge in [-0.15, -0.1) is 11.6 Å². The molecule has 0 amide bonds. The summed E-state index contributed by atoms with van der Waals surface area (Å²) in [6.07, 6.45) is 5.57. The predicted molar refractivity (Wildman–Crippen MR) is 93.1 cm³/mol. The van der Waals surface area contributed by atoms with Crippen LogP contribution in [0.5, 0.6) is 0 Å². The van der Waals surface area contributed by atoms with Gasteiger partial charge in [-0.3, -0.25) is 4.90 Å². The van der Waals surface area contributed by atoms with Crippen LogP contribution in [-0.2, 0) is 4.74 Å². The van der Waals surface area contributed by atoms with Gasteiger partial charge in [0.05, 0.1) is 12.7 Å². The number of hydrogen-bond acceptors (Lipinski definition) is 2. The van der Waals surface area contributed by atoms with E-state index in [0.717, 1.165) is 18.7 Å². The van der Waals surface area contributed by atoms with Crippen molar-refractivity contribution in [3.8, 4) is 0 Å². The maximum atomic E-state index is 6.22. The molecule has 4 atom stereocenters. The lowest BCUT2D eigenvalue weighted by Crippen LogP contribution is -2.39. The van der Waals surface area contributed by atoms with Crippen molar-refractivity contribution in [1.82, 2.24) is 4.90 Å². The molecule has 124 valence electrons. The van der Waals surface area contributed by atoms with Gasteiger partial charge in [-0.2, -0.15) is 0 Å². The fourth-order valence-electron chi connectivity index (χ4n) is 3.16. The van der Waals surface area contributed by atoms with Crippen LogP contribution in [0.1, 0.15) is 53.4 Å². The lowest BCUT2D eigenvalue weighted by molar-refractivity contribution is -0.0149. The first-order valence-corrected chi connectivity index (χ1v) is 9.13. The number of halogens is 1. The van der Waals surface area contributed by atoms with Crippen molar-refractivity contribution in [1.29, 1.82) is 0 Å². The SMILES string of the molecule is C=C(CCl)C(C)[C@@H](C)[C@@H](C)OCC1CCCCCN1CC. The Morgan fingerprint density at radius 1 is 1.29 bits per heavy atom. The highest BCUT2D eigenvalue weighted by molar-refractivity contribution is 6.19. The maximum Gasteiger partial charge on any atom is 0.0625 e. The molecule has 0 bridgehead atoms. The zero-order valence-corrected chi connectivity index (χ0v) is 15.2. The normalized spacial score (nSPS) is 25.1. The lowest BCUT2D eigenvalue weighted by Gasteiger charge is -2.32. The number of alkyl halides is 1. The van der Waals surface area contributed by atoms with Gasteiger partial charge in [0.2, 0.25) is 0 Å². The van der Waals surface area contributed by atoms with Crippen molar-refractivity contribution in [3.63, 3.8) is 0 Å².